The van der Waals surface area contributed by atoms with E-state index in [1.807, 2.05) is 20.8 Å². The Kier molecular flexibility index (Phi) is 6.33. The quantitative estimate of drug-likeness (QED) is 0.691. The van der Waals surface area contributed by atoms with E-state index in [4.69, 9.17) is 16.3 Å². The molecule has 0 aromatic carbocycles. The van der Waals surface area contributed by atoms with Gasteiger partial charge in [0.05, 0.1) is 34.0 Å². The zero-order valence-electron chi connectivity index (χ0n) is 17.3. The van der Waals surface area contributed by atoms with Crippen LogP contribution in [-0.4, -0.2) is 46.7 Å². The summed E-state index contributed by atoms with van der Waals surface area (Å²) in [7, 11) is 0. The molecule has 1 atom stereocenters. The largest absolute Gasteiger partial charge is 0.443 e. The van der Waals surface area contributed by atoms with Crippen molar-refractivity contribution >= 4 is 46.0 Å². The van der Waals surface area contributed by atoms with Gasteiger partial charge in [0.25, 0.3) is 0 Å². The summed E-state index contributed by atoms with van der Waals surface area (Å²) < 4.78 is 5.71. The first-order valence-corrected chi connectivity index (χ1v) is 10.3. The number of aromatic nitrogens is 2. The number of nitrogens with zero attached hydrogens (tertiary/aromatic N) is 2. The molecule has 0 spiro atoms. The van der Waals surface area contributed by atoms with Crippen molar-refractivity contribution in [2.75, 3.05) is 23.3 Å². The van der Waals surface area contributed by atoms with Gasteiger partial charge in [0, 0.05) is 19.2 Å². The van der Waals surface area contributed by atoms with E-state index < -0.39 is 11.7 Å². The number of carbonyl (C=O) groups excluding carboxylic acids is 2. The molecule has 2 aromatic rings. The van der Waals surface area contributed by atoms with E-state index in [-0.39, 0.29) is 11.9 Å². The number of rotatable bonds is 4. The van der Waals surface area contributed by atoms with Crippen LogP contribution in [0.25, 0.3) is 11.0 Å². The number of carbonyl (C=O) groups is 2. The molecule has 0 radical (unpaired) electrons. The zero-order chi connectivity index (χ0) is 21.2. The van der Waals surface area contributed by atoms with Crippen LogP contribution in [0, 0.1) is 0 Å². The Hall–Kier alpha value is -2.32. The number of amides is 2. The van der Waals surface area contributed by atoms with Crippen LogP contribution >= 0.6 is 11.6 Å². The molecule has 3 rings (SSSR count). The predicted molar refractivity (Wildman–Crippen MR) is 115 cm³/mol. The van der Waals surface area contributed by atoms with Crippen molar-refractivity contribution in [2.24, 2.45) is 0 Å². The van der Waals surface area contributed by atoms with E-state index in [2.05, 4.69) is 20.6 Å². The van der Waals surface area contributed by atoms with Crippen molar-refractivity contribution in [2.45, 2.75) is 58.6 Å². The molecule has 0 unspecified atom stereocenters. The fourth-order valence-corrected chi connectivity index (χ4v) is 3.65. The molecule has 8 nitrogen and oxygen atoms in total. The van der Waals surface area contributed by atoms with E-state index in [0.717, 1.165) is 19.4 Å². The van der Waals surface area contributed by atoms with Gasteiger partial charge < -0.3 is 20.4 Å². The van der Waals surface area contributed by atoms with Gasteiger partial charge in [0.2, 0.25) is 5.91 Å². The normalized spacial score (nSPS) is 17.2. The number of halogens is 1. The van der Waals surface area contributed by atoms with E-state index in [0.29, 0.717) is 40.4 Å². The average molecular weight is 422 g/mol. The Morgan fingerprint density at radius 3 is 2.79 bits per heavy atom. The van der Waals surface area contributed by atoms with Crippen LogP contribution in [0.1, 0.15) is 47.0 Å². The highest BCUT2D eigenvalue weighted by Crippen LogP contribution is 2.40. The number of hydrogen-bond acceptors (Lipinski definition) is 5. The molecule has 29 heavy (non-hydrogen) atoms. The van der Waals surface area contributed by atoms with Gasteiger partial charge in [-0.15, -0.1) is 0 Å². The molecular weight excluding hydrogens is 394 g/mol. The Morgan fingerprint density at radius 1 is 1.41 bits per heavy atom. The summed E-state index contributed by atoms with van der Waals surface area (Å²) in [5.41, 5.74) is 0.905. The van der Waals surface area contributed by atoms with Crippen LogP contribution in [0.3, 0.4) is 0 Å². The second-order valence-corrected chi connectivity index (χ2v) is 8.54. The number of aromatic amines is 1. The molecule has 3 N–H and O–H groups in total. The molecule has 2 amide bonds. The third-order valence-corrected chi connectivity index (χ3v) is 4.97. The van der Waals surface area contributed by atoms with Gasteiger partial charge in [0.1, 0.15) is 11.2 Å². The lowest BCUT2D eigenvalue weighted by molar-refractivity contribution is -0.115. The van der Waals surface area contributed by atoms with Crippen molar-refractivity contribution in [3.63, 3.8) is 0 Å². The second kappa shape index (κ2) is 8.59. The highest BCUT2D eigenvalue weighted by Gasteiger charge is 2.34. The van der Waals surface area contributed by atoms with Crippen LogP contribution in [-0.2, 0) is 9.53 Å². The van der Waals surface area contributed by atoms with Gasteiger partial charge in [-0.1, -0.05) is 18.5 Å². The Morgan fingerprint density at radius 2 is 2.17 bits per heavy atom. The second-order valence-electron chi connectivity index (χ2n) is 8.13. The number of ether oxygens (including phenoxy) is 1. The molecule has 0 aliphatic carbocycles. The SMILES string of the molecule is CCC(=O)Nc1c[nH]c2ncc(Cl)c(N(C(=O)OC(C)(C)C)[C@@H]3CCCNC3)c12. The van der Waals surface area contributed by atoms with Gasteiger partial charge >= 0.3 is 6.09 Å². The minimum absolute atomic E-state index is 0.133. The molecule has 158 valence electrons. The summed E-state index contributed by atoms with van der Waals surface area (Å²) in [6.07, 6.45) is 4.77. The van der Waals surface area contributed by atoms with E-state index in [9.17, 15) is 9.59 Å². The number of hydrogen-bond donors (Lipinski definition) is 3. The molecule has 1 saturated heterocycles. The summed E-state index contributed by atoms with van der Waals surface area (Å²) in [6.45, 7) is 8.79. The smallest absolute Gasteiger partial charge is 0.415 e. The molecule has 0 bridgehead atoms. The van der Waals surface area contributed by atoms with Crippen molar-refractivity contribution in [1.29, 1.82) is 0 Å². The van der Waals surface area contributed by atoms with Gasteiger partial charge in [-0.2, -0.15) is 0 Å². The van der Waals surface area contributed by atoms with E-state index in [1.165, 1.54) is 6.20 Å². The highest BCUT2D eigenvalue weighted by molar-refractivity contribution is 6.36. The van der Waals surface area contributed by atoms with Crippen molar-refractivity contribution < 1.29 is 14.3 Å². The molecule has 1 aliphatic heterocycles. The summed E-state index contributed by atoms with van der Waals surface area (Å²) in [5, 5.41) is 7.11. The summed E-state index contributed by atoms with van der Waals surface area (Å²) in [5.74, 6) is -0.139. The number of nitrogens with one attached hydrogen (secondary N) is 3. The highest BCUT2D eigenvalue weighted by atomic mass is 35.5. The summed E-state index contributed by atoms with van der Waals surface area (Å²) in [4.78, 5) is 34.3. The predicted octanol–water partition coefficient (Wildman–Crippen LogP) is 4.06. The molecule has 1 fully saturated rings. The van der Waals surface area contributed by atoms with Crippen LogP contribution in [0.15, 0.2) is 12.4 Å². The van der Waals surface area contributed by atoms with Crippen molar-refractivity contribution in [1.82, 2.24) is 15.3 Å². The summed E-state index contributed by atoms with van der Waals surface area (Å²) in [6, 6.07) is -0.133. The van der Waals surface area contributed by atoms with Gasteiger partial charge in [0.15, 0.2) is 0 Å². The number of fused-ring (bicyclic) bond motifs is 1. The van der Waals surface area contributed by atoms with Crippen LogP contribution in [0.4, 0.5) is 16.2 Å². The maximum absolute atomic E-state index is 13.3. The molecular formula is C20H28ClN5O3. The van der Waals surface area contributed by atoms with Crippen LogP contribution in [0.5, 0.6) is 0 Å². The van der Waals surface area contributed by atoms with Crippen molar-refractivity contribution in [3.05, 3.63) is 17.4 Å². The number of pyridine rings is 1. The maximum atomic E-state index is 13.3. The first-order valence-electron chi connectivity index (χ1n) is 9.89. The van der Waals surface area contributed by atoms with Crippen LogP contribution in [0.2, 0.25) is 5.02 Å². The van der Waals surface area contributed by atoms with Crippen LogP contribution < -0.4 is 15.5 Å². The number of anilines is 2. The third-order valence-electron chi connectivity index (χ3n) is 4.69. The number of piperidine rings is 1. The first kappa shape index (κ1) is 21.4. The Bertz CT molecular complexity index is 899. The van der Waals surface area contributed by atoms with Gasteiger partial charge in [-0.25, -0.2) is 9.78 Å². The Balaban J connectivity index is 2.15. The fraction of sp³-hybridized carbons (Fsp3) is 0.550. The minimum Gasteiger partial charge on any atom is -0.443 e. The lowest BCUT2D eigenvalue weighted by Crippen LogP contribution is -2.50. The molecule has 0 saturated carbocycles. The summed E-state index contributed by atoms with van der Waals surface area (Å²) >= 11 is 6.57. The molecule has 9 heteroatoms. The standard InChI is InChI=1S/C20H28ClN5O3/c1-5-15(27)25-14-11-24-18-16(14)17(13(21)10-23-18)26(12-7-6-8-22-9-12)19(28)29-20(2,3)4/h10-12,22H,5-9H2,1-4H3,(H,23,24)(H,25,27)/t12-/m1/s1. The zero-order valence-corrected chi connectivity index (χ0v) is 18.0. The minimum atomic E-state index is -0.659. The monoisotopic (exact) mass is 421 g/mol. The lowest BCUT2D eigenvalue weighted by atomic mass is 10.0. The lowest BCUT2D eigenvalue weighted by Gasteiger charge is -2.36. The number of H-pyrrole nitrogens is 1. The van der Waals surface area contributed by atoms with E-state index >= 15 is 0 Å². The van der Waals surface area contributed by atoms with E-state index in [1.54, 1.807) is 18.0 Å². The topological polar surface area (TPSA) is 99.4 Å². The molecule has 3 heterocycles. The Labute approximate surface area is 175 Å². The molecule has 1 aliphatic rings. The molecule has 2 aromatic heterocycles. The fourth-order valence-electron chi connectivity index (χ4n) is 3.42. The third kappa shape index (κ3) is 4.82. The van der Waals surface area contributed by atoms with Gasteiger partial charge in [-0.3, -0.25) is 9.69 Å². The maximum Gasteiger partial charge on any atom is 0.415 e. The van der Waals surface area contributed by atoms with Gasteiger partial charge in [-0.05, 0) is 40.2 Å². The first-order chi connectivity index (χ1) is 13.7. The van der Waals surface area contributed by atoms with Crippen molar-refractivity contribution in [3.8, 4) is 0 Å². The average Bonchev–Trinajstić information content (AvgIpc) is 3.06.